The molecule has 0 N–H and O–H groups in total. The second kappa shape index (κ2) is 3.48. The molecule has 5 heteroatoms. The standard InChI is InChI=1S/C7H6Cl2F2S/c1-7(10,11)6(9)4-2-3-5(8)12-4/h2-3,6H,1H3. The highest BCUT2D eigenvalue weighted by atomic mass is 35.5. The van der Waals surface area contributed by atoms with Crippen LogP contribution in [0, 0.1) is 0 Å². The molecule has 12 heavy (non-hydrogen) atoms. The first-order chi connectivity index (χ1) is 5.41. The molecule has 0 aromatic carbocycles. The quantitative estimate of drug-likeness (QED) is 0.664. The zero-order valence-electron chi connectivity index (χ0n) is 6.15. The molecule has 1 aromatic heterocycles. The van der Waals surface area contributed by atoms with Crippen LogP contribution < -0.4 is 0 Å². The molecule has 1 rings (SSSR count). The highest BCUT2D eigenvalue weighted by Crippen LogP contribution is 2.40. The zero-order valence-corrected chi connectivity index (χ0v) is 8.48. The molecule has 1 heterocycles. The summed E-state index contributed by atoms with van der Waals surface area (Å²) in [5.41, 5.74) is 0. The number of halogens is 4. The lowest BCUT2D eigenvalue weighted by Crippen LogP contribution is -2.16. The molecule has 0 nitrogen and oxygen atoms in total. The van der Waals surface area contributed by atoms with Crippen LogP contribution in [-0.2, 0) is 0 Å². The van der Waals surface area contributed by atoms with Crippen LogP contribution in [0.5, 0.6) is 0 Å². The van der Waals surface area contributed by atoms with E-state index in [0.717, 1.165) is 18.3 Å². The molecule has 68 valence electrons. The Kier molecular flexibility index (Phi) is 2.97. The highest BCUT2D eigenvalue weighted by Gasteiger charge is 2.34. The van der Waals surface area contributed by atoms with Gasteiger partial charge in [-0.05, 0) is 12.1 Å². The first kappa shape index (κ1) is 10.2. The van der Waals surface area contributed by atoms with Crippen LogP contribution in [0.15, 0.2) is 12.1 Å². The van der Waals surface area contributed by atoms with E-state index in [9.17, 15) is 8.78 Å². The van der Waals surface area contributed by atoms with Gasteiger partial charge in [0.25, 0.3) is 5.92 Å². The van der Waals surface area contributed by atoms with Gasteiger partial charge in [-0.25, -0.2) is 8.78 Å². The minimum absolute atomic E-state index is 0.397. The van der Waals surface area contributed by atoms with E-state index in [2.05, 4.69) is 0 Å². The summed E-state index contributed by atoms with van der Waals surface area (Å²) >= 11 is 12.1. The Labute approximate surface area is 83.1 Å². The van der Waals surface area contributed by atoms with Gasteiger partial charge in [0, 0.05) is 11.8 Å². The molecule has 0 saturated heterocycles. The molecule has 0 aliphatic rings. The number of thiophene rings is 1. The van der Waals surface area contributed by atoms with E-state index < -0.39 is 11.3 Å². The number of hydrogen-bond donors (Lipinski definition) is 0. The molecular formula is C7H6Cl2F2S. The number of rotatable bonds is 2. The van der Waals surface area contributed by atoms with E-state index in [1.54, 1.807) is 6.07 Å². The summed E-state index contributed by atoms with van der Waals surface area (Å²) < 4.78 is 25.8. The average Bonchev–Trinajstić information content (AvgIpc) is 2.32. The fraction of sp³-hybridized carbons (Fsp3) is 0.429. The predicted molar refractivity (Wildman–Crippen MR) is 48.5 cm³/mol. The van der Waals surface area contributed by atoms with Gasteiger partial charge in [-0.15, -0.1) is 22.9 Å². The summed E-state index contributed by atoms with van der Waals surface area (Å²) in [6, 6.07) is 3.07. The van der Waals surface area contributed by atoms with Crippen LogP contribution in [-0.4, -0.2) is 5.92 Å². The fourth-order valence-corrected chi connectivity index (χ4v) is 2.06. The summed E-state index contributed by atoms with van der Waals surface area (Å²) in [4.78, 5) is 0.397. The molecule has 0 bridgehead atoms. The van der Waals surface area contributed by atoms with Crippen molar-refractivity contribution in [1.29, 1.82) is 0 Å². The van der Waals surface area contributed by atoms with Gasteiger partial charge in [0.15, 0.2) is 0 Å². The maximum absolute atomic E-state index is 12.6. The topological polar surface area (TPSA) is 0 Å². The van der Waals surface area contributed by atoms with Crippen LogP contribution in [0.3, 0.4) is 0 Å². The van der Waals surface area contributed by atoms with Gasteiger partial charge in [-0.2, -0.15) is 0 Å². The van der Waals surface area contributed by atoms with Gasteiger partial charge < -0.3 is 0 Å². The van der Waals surface area contributed by atoms with Crippen LogP contribution >= 0.6 is 34.5 Å². The zero-order chi connectivity index (χ0) is 9.35. The van der Waals surface area contributed by atoms with Gasteiger partial charge in [-0.3, -0.25) is 0 Å². The Morgan fingerprint density at radius 2 is 2.08 bits per heavy atom. The van der Waals surface area contributed by atoms with Gasteiger partial charge in [0.1, 0.15) is 5.38 Å². The molecule has 0 aliphatic carbocycles. The molecule has 1 aromatic rings. The second-order valence-corrected chi connectivity index (χ2v) is 4.64. The summed E-state index contributed by atoms with van der Waals surface area (Å²) in [5.74, 6) is -2.91. The second-order valence-electron chi connectivity index (χ2n) is 2.46. The molecule has 1 atom stereocenters. The lowest BCUT2D eigenvalue weighted by atomic mass is 10.2. The predicted octanol–water partition coefficient (Wildman–Crippen LogP) is 4.34. The summed E-state index contributed by atoms with van der Waals surface area (Å²) in [5, 5.41) is -1.28. The largest absolute Gasteiger partial charge is 0.266 e. The van der Waals surface area contributed by atoms with E-state index >= 15 is 0 Å². The van der Waals surface area contributed by atoms with E-state index in [-0.39, 0.29) is 0 Å². The van der Waals surface area contributed by atoms with Crippen LogP contribution in [0.25, 0.3) is 0 Å². The first-order valence-electron chi connectivity index (χ1n) is 3.18. The minimum atomic E-state index is -2.91. The molecule has 0 radical (unpaired) electrons. The van der Waals surface area contributed by atoms with Crippen LogP contribution in [0.4, 0.5) is 8.78 Å². The fourth-order valence-electron chi connectivity index (χ4n) is 0.714. The Balaban J connectivity index is 2.85. The first-order valence-corrected chi connectivity index (χ1v) is 4.81. The van der Waals surface area contributed by atoms with E-state index in [0.29, 0.717) is 9.21 Å². The summed E-state index contributed by atoms with van der Waals surface area (Å²) in [6.45, 7) is 0.790. The van der Waals surface area contributed by atoms with Crippen molar-refractivity contribution in [3.8, 4) is 0 Å². The lowest BCUT2D eigenvalue weighted by molar-refractivity contribution is 0.0178. The van der Waals surface area contributed by atoms with E-state index in [4.69, 9.17) is 23.2 Å². The molecule has 0 fully saturated rings. The molecule has 0 saturated carbocycles. The summed E-state index contributed by atoms with van der Waals surface area (Å²) in [7, 11) is 0. The molecule has 0 amide bonds. The highest BCUT2D eigenvalue weighted by molar-refractivity contribution is 7.16. The Morgan fingerprint density at radius 1 is 1.50 bits per heavy atom. The molecule has 1 unspecified atom stereocenters. The third kappa shape index (κ3) is 2.31. The Morgan fingerprint density at radius 3 is 2.42 bits per heavy atom. The SMILES string of the molecule is CC(F)(F)C(Cl)c1ccc(Cl)s1. The maximum atomic E-state index is 12.6. The van der Waals surface area contributed by atoms with E-state index in [1.807, 2.05) is 0 Å². The van der Waals surface area contributed by atoms with E-state index in [1.165, 1.54) is 6.07 Å². The van der Waals surface area contributed by atoms with Crippen LogP contribution in [0.1, 0.15) is 17.2 Å². The Hall–Kier alpha value is 0.140. The number of hydrogen-bond acceptors (Lipinski definition) is 1. The smallest absolute Gasteiger partial charge is 0.205 e. The Bertz CT molecular complexity index is 267. The third-order valence-electron chi connectivity index (χ3n) is 1.29. The lowest BCUT2D eigenvalue weighted by Gasteiger charge is -2.14. The van der Waals surface area contributed by atoms with Crippen molar-refractivity contribution in [2.75, 3.05) is 0 Å². The molecule has 0 aliphatic heterocycles. The van der Waals surface area contributed by atoms with Crippen molar-refractivity contribution >= 4 is 34.5 Å². The maximum Gasteiger partial charge on any atom is 0.266 e. The van der Waals surface area contributed by atoms with Crippen molar-refractivity contribution in [2.24, 2.45) is 0 Å². The normalized spacial score (nSPS) is 14.8. The molecular weight excluding hydrogens is 225 g/mol. The van der Waals surface area contributed by atoms with Gasteiger partial charge in [0.05, 0.1) is 4.34 Å². The minimum Gasteiger partial charge on any atom is -0.205 e. The van der Waals surface area contributed by atoms with Crippen molar-refractivity contribution in [1.82, 2.24) is 0 Å². The third-order valence-corrected chi connectivity index (χ3v) is 3.33. The van der Waals surface area contributed by atoms with Crippen molar-refractivity contribution in [3.05, 3.63) is 21.3 Å². The van der Waals surface area contributed by atoms with Crippen molar-refractivity contribution < 1.29 is 8.78 Å². The monoisotopic (exact) mass is 230 g/mol. The average molecular weight is 231 g/mol. The van der Waals surface area contributed by atoms with Crippen molar-refractivity contribution in [3.63, 3.8) is 0 Å². The molecule has 0 spiro atoms. The van der Waals surface area contributed by atoms with Crippen molar-refractivity contribution in [2.45, 2.75) is 18.2 Å². The number of alkyl halides is 3. The van der Waals surface area contributed by atoms with Gasteiger partial charge in [0.2, 0.25) is 0 Å². The van der Waals surface area contributed by atoms with Gasteiger partial charge in [-0.1, -0.05) is 11.6 Å². The van der Waals surface area contributed by atoms with Gasteiger partial charge >= 0.3 is 0 Å². The van der Waals surface area contributed by atoms with Crippen LogP contribution in [0.2, 0.25) is 4.34 Å². The summed E-state index contributed by atoms with van der Waals surface area (Å²) in [6.07, 6.45) is 0.